The first-order valence-corrected chi connectivity index (χ1v) is 3.81. The Labute approximate surface area is 73.2 Å². The van der Waals surface area contributed by atoms with Crippen LogP contribution < -0.4 is 0 Å². The van der Waals surface area contributed by atoms with Gasteiger partial charge in [-0.2, -0.15) is 9.97 Å². The highest BCUT2D eigenvalue weighted by atomic mass is 79.9. The number of nitrogens with zero attached hydrogens (tertiary/aromatic N) is 2. The van der Waals surface area contributed by atoms with Crippen molar-refractivity contribution in [1.29, 1.82) is 0 Å². The summed E-state index contributed by atoms with van der Waals surface area (Å²) in [6.07, 6.45) is 0. The Morgan fingerprint density at radius 3 is 2.20 bits per heavy atom. The molecule has 1 heterocycles. The van der Waals surface area contributed by atoms with E-state index in [-0.39, 0.29) is 5.88 Å². The molecular formula is C4H2Br2N2O2. The van der Waals surface area contributed by atoms with Crippen LogP contribution in [0.15, 0.2) is 9.08 Å². The van der Waals surface area contributed by atoms with E-state index in [9.17, 15) is 0 Å². The summed E-state index contributed by atoms with van der Waals surface area (Å²) in [6, 6.07) is -0.465. The summed E-state index contributed by atoms with van der Waals surface area (Å²) in [5, 5.41) is 17.6. The molecule has 0 aliphatic carbocycles. The van der Waals surface area contributed by atoms with Gasteiger partial charge in [0.1, 0.15) is 9.08 Å². The number of halogens is 2. The SMILES string of the molecule is Oc1nc(O)c(Br)c(Br)n1. The van der Waals surface area contributed by atoms with Gasteiger partial charge in [0.15, 0.2) is 0 Å². The van der Waals surface area contributed by atoms with E-state index in [0.717, 1.165) is 0 Å². The van der Waals surface area contributed by atoms with E-state index < -0.39 is 6.01 Å². The van der Waals surface area contributed by atoms with Crippen LogP contribution in [0.25, 0.3) is 0 Å². The number of aromatic hydroxyl groups is 2. The van der Waals surface area contributed by atoms with E-state index in [1.807, 2.05) is 0 Å². The van der Waals surface area contributed by atoms with Gasteiger partial charge in [-0.15, -0.1) is 0 Å². The summed E-state index contributed by atoms with van der Waals surface area (Å²) >= 11 is 5.96. The number of rotatable bonds is 0. The van der Waals surface area contributed by atoms with E-state index >= 15 is 0 Å². The van der Waals surface area contributed by atoms with Crippen LogP contribution in [0, 0.1) is 0 Å². The van der Waals surface area contributed by atoms with Crippen LogP contribution in [-0.4, -0.2) is 20.2 Å². The molecule has 0 aliphatic rings. The van der Waals surface area contributed by atoms with Gasteiger partial charge in [-0.05, 0) is 31.9 Å². The highest BCUT2D eigenvalue weighted by Crippen LogP contribution is 2.29. The maximum absolute atomic E-state index is 8.89. The lowest BCUT2D eigenvalue weighted by atomic mass is 10.6. The smallest absolute Gasteiger partial charge is 0.318 e. The fraction of sp³-hybridized carbons (Fsp3) is 0. The molecule has 10 heavy (non-hydrogen) atoms. The van der Waals surface area contributed by atoms with E-state index in [0.29, 0.717) is 9.08 Å². The molecule has 1 aromatic rings. The van der Waals surface area contributed by atoms with Crippen molar-refractivity contribution in [3.8, 4) is 11.9 Å². The lowest BCUT2D eigenvalue weighted by Crippen LogP contribution is -1.84. The van der Waals surface area contributed by atoms with Crippen molar-refractivity contribution in [1.82, 2.24) is 9.97 Å². The van der Waals surface area contributed by atoms with Gasteiger partial charge in [-0.25, -0.2) is 0 Å². The molecule has 54 valence electrons. The lowest BCUT2D eigenvalue weighted by Gasteiger charge is -1.96. The molecule has 0 fully saturated rings. The van der Waals surface area contributed by atoms with Gasteiger partial charge >= 0.3 is 6.01 Å². The van der Waals surface area contributed by atoms with Crippen LogP contribution in [0.5, 0.6) is 11.9 Å². The predicted molar refractivity (Wildman–Crippen MR) is 40.8 cm³/mol. The molecule has 0 atom stereocenters. The fourth-order valence-corrected chi connectivity index (χ4v) is 0.911. The lowest BCUT2D eigenvalue weighted by molar-refractivity contribution is 0.393. The number of hydrogen-bond acceptors (Lipinski definition) is 4. The van der Waals surface area contributed by atoms with Crippen LogP contribution >= 0.6 is 31.9 Å². The zero-order valence-electron chi connectivity index (χ0n) is 4.54. The Hall–Kier alpha value is -0.360. The summed E-state index contributed by atoms with van der Waals surface area (Å²) in [5.74, 6) is -0.292. The van der Waals surface area contributed by atoms with Gasteiger partial charge in [-0.3, -0.25) is 0 Å². The third kappa shape index (κ3) is 1.38. The summed E-state index contributed by atoms with van der Waals surface area (Å²) in [5.41, 5.74) is 0. The normalized spacial score (nSPS) is 9.80. The molecule has 2 N–H and O–H groups in total. The Kier molecular flexibility index (Phi) is 2.10. The molecule has 6 heteroatoms. The van der Waals surface area contributed by atoms with Crippen molar-refractivity contribution in [2.45, 2.75) is 0 Å². The average molecular weight is 270 g/mol. The molecule has 0 bridgehead atoms. The van der Waals surface area contributed by atoms with Gasteiger partial charge in [0.25, 0.3) is 0 Å². The minimum atomic E-state index is -0.465. The van der Waals surface area contributed by atoms with E-state index in [1.54, 1.807) is 0 Å². The van der Waals surface area contributed by atoms with Crippen molar-refractivity contribution < 1.29 is 10.2 Å². The first-order valence-electron chi connectivity index (χ1n) is 2.22. The van der Waals surface area contributed by atoms with E-state index in [1.165, 1.54) is 0 Å². The number of aromatic nitrogens is 2. The second-order valence-corrected chi connectivity index (χ2v) is 3.00. The van der Waals surface area contributed by atoms with Gasteiger partial charge in [0.05, 0.1) is 0 Å². The van der Waals surface area contributed by atoms with Crippen molar-refractivity contribution in [2.24, 2.45) is 0 Å². The third-order valence-corrected chi connectivity index (χ3v) is 2.62. The standard InChI is InChI=1S/C4H2Br2N2O2/c5-1-2(6)7-4(10)8-3(1)9/h(H2,7,8,9,10). The maximum atomic E-state index is 8.89. The molecule has 0 spiro atoms. The van der Waals surface area contributed by atoms with Gasteiger partial charge in [0.2, 0.25) is 5.88 Å². The van der Waals surface area contributed by atoms with Crippen molar-refractivity contribution in [3.05, 3.63) is 9.08 Å². The van der Waals surface area contributed by atoms with Crippen molar-refractivity contribution in [2.75, 3.05) is 0 Å². The Bertz CT molecular complexity index is 242. The van der Waals surface area contributed by atoms with Crippen LogP contribution in [0.4, 0.5) is 0 Å². The largest absolute Gasteiger partial charge is 0.492 e. The molecule has 0 saturated heterocycles. The van der Waals surface area contributed by atoms with Crippen molar-refractivity contribution >= 4 is 31.9 Å². The van der Waals surface area contributed by atoms with Gasteiger partial charge in [0, 0.05) is 0 Å². The number of hydrogen-bond donors (Lipinski definition) is 2. The fourth-order valence-electron chi connectivity index (χ4n) is 0.398. The van der Waals surface area contributed by atoms with Crippen LogP contribution in [0.3, 0.4) is 0 Å². The second kappa shape index (κ2) is 2.71. The quantitative estimate of drug-likeness (QED) is 0.699. The zero-order chi connectivity index (χ0) is 7.72. The maximum Gasteiger partial charge on any atom is 0.318 e. The highest BCUT2D eigenvalue weighted by Gasteiger charge is 2.07. The Morgan fingerprint density at radius 1 is 1.10 bits per heavy atom. The minimum absolute atomic E-state index is 0.292. The highest BCUT2D eigenvalue weighted by molar-refractivity contribution is 9.13. The minimum Gasteiger partial charge on any atom is -0.492 e. The van der Waals surface area contributed by atoms with Crippen LogP contribution in [-0.2, 0) is 0 Å². The summed E-state index contributed by atoms with van der Waals surface area (Å²) in [4.78, 5) is 6.75. The average Bonchev–Trinajstić information content (AvgIpc) is 1.82. The summed E-state index contributed by atoms with van der Waals surface area (Å²) < 4.78 is 0.641. The molecule has 0 aromatic carbocycles. The molecule has 1 aromatic heterocycles. The molecule has 0 aliphatic heterocycles. The molecule has 1 rings (SSSR count). The van der Waals surface area contributed by atoms with E-state index in [2.05, 4.69) is 41.8 Å². The first kappa shape index (κ1) is 7.74. The van der Waals surface area contributed by atoms with Crippen molar-refractivity contribution in [3.63, 3.8) is 0 Å². The van der Waals surface area contributed by atoms with Crippen LogP contribution in [0.2, 0.25) is 0 Å². The Balaban J connectivity index is 3.31. The summed E-state index contributed by atoms with van der Waals surface area (Å²) in [6.45, 7) is 0. The monoisotopic (exact) mass is 268 g/mol. The van der Waals surface area contributed by atoms with Crippen LogP contribution in [0.1, 0.15) is 0 Å². The molecule has 0 unspecified atom stereocenters. The third-order valence-electron chi connectivity index (χ3n) is 0.781. The topological polar surface area (TPSA) is 66.2 Å². The molecule has 0 radical (unpaired) electrons. The predicted octanol–water partition coefficient (Wildman–Crippen LogP) is 1.41. The second-order valence-electron chi connectivity index (χ2n) is 1.45. The van der Waals surface area contributed by atoms with Gasteiger partial charge < -0.3 is 10.2 Å². The summed E-state index contributed by atoms with van der Waals surface area (Å²) in [7, 11) is 0. The first-order chi connectivity index (χ1) is 4.61. The molecule has 4 nitrogen and oxygen atoms in total. The van der Waals surface area contributed by atoms with E-state index in [4.69, 9.17) is 10.2 Å². The van der Waals surface area contributed by atoms with Gasteiger partial charge in [-0.1, -0.05) is 0 Å². The Morgan fingerprint density at radius 2 is 1.70 bits per heavy atom. The molecule has 0 amide bonds. The zero-order valence-corrected chi connectivity index (χ0v) is 7.72. The molecular weight excluding hydrogens is 268 g/mol. The molecule has 0 saturated carbocycles.